The Kier molecular flexibility index (Phi) is 4.15. The summed E-state index contributed by atoms with van der Waals surface area (Å²) in [5.74, 6) is 0.991. The molecule has 1 unspecified atom stereocenters. The Labute approximate surface area is 105 Å². The van der Waals surface area contributed by atoms with Gasteiger partial charge in [-0.25, -0.2) is 4.98 Å². The number of nitrogens with zero attached hydrogens (tertiary/aromatic N) is 2. The van der Waals surface area contributed by atoms with Crippen LogP contribution in [0.3, 0.4) is 0 Å². The fraction of sp³-hybridized carbons (Fsp3) is 0.643. The van der Waals surface area contributed by atoms with Crippen molar-refractivity contribution in [3.8, 4) is 0 Å². The number of anilines is 1. The molecule has 0 aliphatic carbocycles. The second-order valence-electron chi connectivity index (χ2n) is 5.86. The van der Waals surface area contributed by atoms with E-state index in [1.807, 2.05) is 19.2 Å². The first-order valence-corrected chi connectivity index (χ1v) is 6.18. The van der Waals surface area contributed by atoms with E-state index in [-0.39, 0.29) is 11.5 Å². The van der Waals surface area contributed by atoms with E-state index < -0.39 is 0 Å². The van der Waals surface area contributed by atoms with Gasteiger partial charge in [0, 0.05) is 30.9 Å². The van der Waals surface area contributed by atoms with Crippen LogP contribution in [0.4, 0.5) is 5.82 Å². The third-order valence-electron chi connectivity index (χ3n) is 3.48. The maximum Gasteiger partial charge on any atom is 0.133 e. The Bertz CT molecular complexity index is 366. The molecule has 0 aromatic carbocycles. The van der Waals surface area contributed by atoms with Gasteiger partial charge < -0.3 is 10.6 Å². The highest BCUT2D eigenvalue weighted by Crippen LogP contribution is 2.29. The average Bonchev–Trinajstić information content (AvgIpc) is 2.25. The third kappa shape index (κ3) is 3.19. The number of hydrogen-bond donors (Lipinski definition) is 1. The van der Waals surface area contributed by atoms with Crippen LogP contribution >= 0.6 is 0 Å². The molecule has 0 amide bonds. The maximum absolute atomic E-state index is 5.99. The summed E-state index contributed by atoms with van der Waals surface area (Å²) >= 11 is 0. The lowest BCUT2D eigenvalue weighted by molar-refractivity contribution is 0.328. The summed E-state index contributed by atoms with van der Waals surface area (Å²) in [6, 6.07) is 4.40. The molecule has 0 aliphatic heterocycles. The minimum atomic E-state index is 0.00770. The standard InChI is InChI=1S/C14H25N3/c1-10(15)12-8-7-9-16-13(12)17(6)11(2)14(3,4)5/h7-11H,15H2,1-6H3/t10-,11?/m0/s1. The van der Waals surface area contributed by atoms with Gasteiger partial charge >= 0.3 is 0 Å². The molecule has 2 atom stereocenters. The number of aromatic nitrogens is 1. The quantitative estimate of drug-likeness (QED) is 0.875. The van der Waals surface area contributed by atoms with Crippen LogP contribution < -0.4 is 10.6 Å². The summed E-state index contributed by atoms with van der Waals surface area (Å²) in [5.41, 5.74) is 7.31. The Morgan fingerprint density at radius 2 is 1.88 bits per heavy atom. The van der Waals surface area contributed by atoms with Crippen molar-refractivity contribution >= 4 is 5.82 Å². The van der Waals surface area contributed by atoms with Gasteiger partial charge in [0.25, 0.3) is 0 Å². The molecule has 3 nitrogen and oxygen atoms in total. The Morgan fingerprint density at radius 3 is 2.35 bits per heavy atom. The van der Waals surface area contributed by atoms with Crippen molar-refractivity contribution in [1.82, 2.24) is 4.98 Å². The van der Waals surface area contributed by atoms with E-state index in [9.17, 15) is 0 Å². The van der Waals surface area contributed by atoms with Gasteiger partial charge in [0.05, 0.1) is 0 Å². The largest absolute Gasteiger partial charge is 0.356 e. The molecular formula is C14H25N3. The van der Waals surface area contributed by atoms with Gasteiger partial charge in [-0.15, -0.1) is 0 Å². The maximum atomic E-state index is 5.99. The van der Waals surface area contributed by atoms with Crippen LogP contribution in [-0.2, 0) is 0 Å². The van der Waals surface area contributed by atoms with Crippen LogP contribution in [0, 0.1) is 5.41 Å². The van der Waals surface area contributed by atoms with Crippen molar-refractivity contribution in [3.63, 3.8) is 0 Å². The molecule has 0 saturated heterocycles. The lowest BCUT2D eigenvalue weighted by atomic mass is 9.87. The van der Waals surface area contributed by atoms with E-state index in [2.05, 4.69) is 50.7 Å². The molecule has 0 radical (unpaired) electrons. The predicted molar refractivity (Wildman–Crippen MR) is 74.2 cm³/mol. The second-order valence-corrected chi connectivity index (χ2v) is 5.86. The molecule has 0 spiro atoms. The Balaban J connectivity index is 3.08. The molecule has 3 heteroatoms. The molecule has 1 heterocycles. The SMILES string of the molecule is CC(N(C)c1ncccc1[C@H](C)N)C(C)(C)C. The summed E-state index contributed by atoms with van der Waals surface area (Å²) in [6.07, 6.45) is 1.83. The fourth-order valence-electron chi connectivity index (χ4n) is 1.82. The van der Waals surface area contributed by atoms with E-state index in [1.165, 1.54) is 0 Å². The van der Waals surface area contributed by atoms with Crippen LogP contribution in [0.5, 0.6) is 0 Å². The summed E-state index contributed by atoms with van der Waals surface area (Å²) in [7, 11) is 2.09. The first kappa shape index (κ1) is 14.0. The minimum Gasteiger partial charge on any atom is -0.356 e. The smallest absolute Gasteiger partial charge is 0.133 e. The van der Waals surface area contributed by atoms with E-state index in [1.54, 1.807) is 0 Å². The Morgan fingerprint density at radius 1 is 1.29 bits per heavy atom. The van der Waals surface area contributed by atoms with E-state index >= 15 is 0 Å². The highest BCUT2D eigenvalue weighted by atomic mass is 15.2. The average molecular weight is 235 g/mol. The first-order chi connectivity index (χ1) is 7.75. The van der Waals surface area contributed by atoms with Gasteiger partial charge in [-0.3, -0.25) is 0 Å². The highest BCUT2D eigenvalue weighted by Gasteiger charge is 2.26. The summed E-state index contributed by atoms with van der Waals surface area (Å²) in [6.45, 7) is 10.9. The van der Waals surface area contributed by atoms with E-state index in [0.29, 0.717) is 6.04 Å². The van der Waals surface area contributed by atoms with Crippen molar-refractivity contribution in [2.24, 2.45) is 11.1 Å². The van der Waals surface area contributed by atoms with Crippen molar-refractivity contribution in [2.45, 2.75) is 46.7 Å². The van der Waals surface area contributed by atoms with Crippen LogP contribution in [0.15, 0.2) is 18.3 Å². The molecule has 96 valence electrons. The lowest BCUT2D eigenvalue weighted by Crippen LogP contribution is -2.40. The van der Waals surface area contributed by atoms with Gasteiger partial charge in [0.2, 0.25) is 0 Å². The molecule has 0 fully saturated rings. The van der Waals surface area contributed by atoms with Gasteiger partial charge in [-0.05, 0) is 25.3 Å². The normalized spacial score (nSPS) is 15.5. The van der Waals surface area contributed by atoms with Crippen molar-refractivity contribution in [1.29, 1.82) is 0 Å². The molecule has 1 aromatic heterocycles. The predicted octanol–water partition coefficient (Wildman–Crippen LogP) is 2.97. The Hall–Kier alpha value is -1.09. The molecule has 0 aliphatic rings. The van der Waals surface area contributed by atoms with Crippen molar-refractivity contribution in [3.05, 3.63) is 23.9 Å². The molecule has 17 heavy (non-hydrogen) atoms. The van der Waals surface area contributed by atoms with Gasteiger partial charge in [-0.1, -0.05) is 26.8 Å². The number of rotatable bonds is 3. The second kappa shape index (κ2) is 5.05. The van der Waals surface area contributed by atoms with E-state index in [4.69, 9.17) is 5.73 Å². The van der Waals surface area contributed by atoms with Crippen LogP contribution in [-0.4, -0.2) is 18.1 Å². The zero-order chi connectivity index (χ0) is 13.2. The third-order valence-corrected chi connectivity index (χ3v) is 3.48. The van der Waals surface area contributed by atoms with Gasteiger partial charge in [0.15, 0.2) is 0 Å². The molecule has 0 saturated carbocycles. The number of pyridine rings is 1. The van der Waals surface area contributed by atoms with Crippen molar-refractivity contribution < 1.29 is 0 Å². The first-order valence-electron chi connectivity index (χ1n) is 6.18. The zero-order valence-corrected chi connectivity index (χ0v) is 11.9. The van der Waals surface area contributed by atoms with E-state index in [0.717, 1.165) is 11.4 Å². The summed E-state index contributed by atoms with van der Waals surface area (Å²) in [4.78, 5) is 6.70. The van der Waals surface area contributed by atoms with Crippen LogP contribution in [0.2, 0.25) is 0 Å². The number of hydrogen-bond acceptors (Lipinski definition) is 3. The lowest BCUT2D eigenvalue weighted by Gasteiger charge is -2.37. The number of nitrogens with two attached hydrogens (primary N) is 1. The highest BCUT2D eigenvalue weighted by molar-refractivity contribution is 5.48. The van der Waals surface area contributed by atoms with Crippen LogP contribution in [0.25, 0.3) is 0 Å². The summed E-state index contributed by atoms with van der Waals surface area (Å²) < 4.78 is 0. The van der Waals surface area contributed by atoms with Gasteiger partial charge in [-0.2, -0.15) is 0 Å². The van der Waals surface area contributed by atoms with Crippen LogP contribution in [0.1, 0.15) is 46.2 Å². The zero-order valence-electron chi connectivity index (χ0n) is 11.9. The minimum absolute atomic E-state index is 0.00770. The topological polar surface area (TPSA) is 42.2 Å². The molecular weight excluding hydrogens is 210 g/mol. The summed E-state index contributed by atoms with van der Waals surface area (Å²) in [5, 5.41) is 0. The van der Waals surface area contributed by atoms with Crippen molar-refractivity contribution in [2.75, 3.05) is 11.9 Å². The van der Waals surface area contributed by atoms with Gasteiger partial charge in [0.1, 0.15) is 5.82 Å². The monoisotopic (exact) mass is 235 g/mol. The molecule has 1 aromatic rings. The molecule has 1 rings (SSSR count). The molecule has 0 bridgehead atoms. The molecule has 2 N–H and O–H groups in total. The fourth-order valence-corrected chi connectivity index (χ4v) is 1.82.